The predicted octanol–water partition coefficient (Wildman–Crippen LogP) is 3.04. The molecule has 136 valence electrons. The largest absolute Gasteiger partial charge is 0.454 e. The number of benzene rings is 2. The third-order valence-electron chi connectivity index (χ3n) is 5.01. The number of ether oxygens (including phenoxy) is 2. The molecular formula is C21H24N2O3. The van der Waals surface area contributed by atoms with E-state index in [0.717, 1.165) is 36.3 Å². The molecular weight excluding hydrogens is 328 g/mol. The highest BCUT2D eigenvalue weighted by Crippen LogP contribution is 2.33. The molecule has 5 heteroatoms. The highest BCUT2D eigenvalue weighted by Gasteiger charge is 2.22. The first-order valence-corrected chi connectivity index (χ1v) is 9.13. The molecule has 0 saturated heterocycles. The number of rotatable bonds is 5. The van der Waals surface area contributed by atoms with E-state index in [4.69, 9.17) is 9.47 Å². The Morgan fingerprint density at radius 2 is 2.04 bits per heavy atom. The van der Waals surface area contributed by atoms with E-state index in [2.05, 4.69) is 29.6 Å². The molecule has 1 amide bonds. The van der Waals surface area contributed by atoms with Crippen LogP contribution < -0.4 is 14.8 Å². The average Bonchev–Trinajstić information content (AvgIpc) is 3.09. The molecule has 5 nitrogen and oxygen atoms in total. The van der Waals surface area contributed by atoms with Crippen molar-refractivity contribution in [2.45, 2.75) is 31.8 Å². The summed E-state index contributed by atoms with van der Waals surface area (Å²) in [6.07, 6.45) is 3.23. The summed E-state index contributed by atoms with van der Waals surface area (Å²) >= 11 is 0. The minimum atomic E-state index is 0.0648. The molecule has 1 N–H and O–H groups in total. The zero-order chi connectivity index (χ0) is 17.9. The van der Waals surface area contributed by atoms with Crippen LogP contribution in [0.15, 0.2) is 42.5 Å². The third-order valence-corrected chi connectivity index (χ3v) is 5.01. The molecule has 0 unspecified atom stereocenters. The average molecular weight is 352 g/mol. The summed E-state index contributed by atoms with van der Waals surface area (Å²) in [5, 5.41) is 3.21. The van der Waals surface area contributed by atoms with Crippen molar-refractivity contribution < 1.29 is 14.3 Å². The molecule has 0 radical (unpaired) electrons. The van der Waals surface area contributed by atoms with Crippen LogP contribution in [0.1, 0.15) is 35.6 Å². The van der Waals surface area contributed by atoms with Crippen LogP contribution in [-0.4, -0.2) is 31.2 Å². The van der Waals surface area contributed by atoms with Crippen LogP contribution >= 0.6 is 0 Å². The van der Waals surface area contributed by atoms with Gasteiger partial charge < -0.3 is 14.8 Å². The lowest BCUT2D eigenvalue weighted by Gasteiger charge is -2.27. The van der Waals surface area contributed by atoms with Crippen LogP contribution in [0.2, 0.25) is 0 Å². The molecule has 0 fully saturated rings. The van der Waals surface area contributed by atoms with Crippen molar-refractivity contribution in [3.05, 3.63) is 59.2 Å². The molecule has 2 aromatic carbocycles. The minimum absolute atomic E-state index is 0.0648. The molecule has 1 aliphatic carbocycles. The summed E-state index contributed by atoms with van der Waals surface area (Å²) in [4.78, 5) is 14.5. The van der Waals surface area contributed by atoms with Crippen LogP contribution in [0.25, 0.3) is 0 Å². The number of nitrogens with one attached hydrogen (secondary N) is 1. The van der Waals surface area contributed by atoms with Gasteiger partial charge in [0, 0.05) is 6.54 Å². The Morgan fingerprint density at radius 3 is 2.96 bits per heavy atom. The van der Waals surface area contributed by atoms with E-state index in [9.17, 15) is 4.79 Å². The molecule has 0 spiro atoms. The quantitative estimate of drug-likeness (QED) is 0.899. The zero-order valence-electron chi connectivity index (χ0n) is 15.0. The zero-order valence-corrected chi connectivity index (χ0v) is 15.0. The molecule has 1 atom stereocenters. The molecule has 1 heterocycles. The number of hydrogen-bond acceptors (Lipinski definition) is 4. The van der Waals surface area contributed by atoms with Gasteiger partial charge in [-0.3, -0.25) is 9.69 Å². The third kappa shape index (κ3) is 3.68. The molecule has 1 aliphatic heterocycles. The van der Waals surface area contributed by atoms with Gasteiger partial charge in [-0.2, -0.15) is 0 Å². The van der Waals surface area contributed by atoms with E-state index >= 15 is 0 Å². The lowest BCUT2D eigenvalue weighted by molar-refractivity contribution is -0.122. The molecule has 0 bridgehead atoms. The SMILES string of the molecule is CN(CC(=O)N[C@@H]1CCCc2ccccc21)Cc1ccc2c(c1)OCO2. The Morgan fingerprint density at radius 1 is 1.19 bits per heavy atom. The maximum Gasteiger partial charge on any atom is 0.234 e. The number of carbonyl (C=O) groups excluding carboxylic acids is 1. The summed E-state index contributed by atoms with van der Waals surface area (Å²) in [6.45, 7) is 1.33. The van der Waals surface area contributed by atoms with Gasteiger partial charge in [0.05, 0.1) is 12.6 Å². The van der Waals surface area contributed by atoms with Gasteiger partial charge in [0.2, 0.25) is 12.7 Å². The van der Waals surface area contributed by atoms with Gasteiger partial charge in [-0.25, -0.2) is 0 Å². The Labute approximate surface area is 153 Å². The van der Waals surface area contributed by atoms with Crippen LogP contribution in [0.3, 0.4) is 0 Å². The van der Waals surface area contributed by atoms with Crippen molar-refractivity contribution in [1.82, 2.24) is 10.2 Å². The molecule has 26 heavy (non-hydrogen) atoms. The molecule has 2 aliphatic rings. The van der Waals surface area contributed by atoms with E-state index in [1.54, 1.807) is 0 Å². The minimum Gasteiger partial charge on any atom is -0.454 e. The topological polar surface area (TPSA) is 50.8 Å². The molecule has 2 aromatic rings. The Kier molecular flexibility index (Phi) is 4.80. The standard InChI is InChI=1S/C21H24N2O3/c1-23(12-15-9-10-19-20(11-15)26-14-25-19)13-21(24)22-18-8-4-6-16-5-2-3-7-17(16)18/h2-3,5,7,9-11,18H,4,6,8,12-14H2,1H3,(H,22,24)/t18-/m1/s1. The van der Waals surface area contributed by atoms with Gasteiger partial charge in [0.15, 0.2) is 11.5 Å². The highest BCUT2D eigenvalue weighted by atomic mass is 16.7. The van der Waals surface area contributed by atoms with Crippen molar-refractivity contribution in [2.24, 2.45) is 0 Å². The van der Waals surface area contributed by atoms with Gasteiger partial charge in [-0.05, 0) is 55.1 Å². The van der Waals surface area contributed by atoms with Crippen molar-refractivity contribution >= 4 is 5.91 Å². The van der Waals surface area contributed by atoms with E-state index in [1.165, 1.54) is 11.1 Å². The fourth-order valence-electron chi connectivity index (χ4n) is 3.80. The van der Waals surface area contributed by atoms with Gasteiger partial charge in [0.25, 0.3) is 0 Å². The van der Waals surface area contributed by atoms with Crippen LogP contribution in [-0.2, 0) is 17.8 Å². The molecule has 4 rings (SSSR count). The summed E-state index contributed by atoms with van der Waals surface area (Å²) < 4.78 is 10.8. The van der Waals surface area contributed by atoms with Crippen molar-refractivity contribution in [3.63, 3.8) is 0 Å². The summed E-state index contributed by atoms with van der Waals surface area (Å²) in [6, 6.07) is 14.5. The Bertz CT molecular complexity index is 806. The second-order valence-corrected chi connectivity index (χ2v) is 7.07. The van der Waals surface area contributed by atoms with Gasteiger partial charge in [-0.1, -0.05) is 30.3 Å². The highest BCUT2D eigenvalue weighted by molar-refractivity contribution is 5.78. The Balaban J connectivity index is 1.33. The smallest absolute Gasteiger partial charge is 0.234 e. The lowest BCUT2D eigenvalue weighted by atomic mass is 9.88. The van der Waals surface area contributed by atoms with E-state index in [1.807, 2.05) is 30.1 Å². The van der Waals surface area contributed by atoms with E-state index in [0.29, 0.717) is 13.1 Å². The number of fused-ring (bicyclic) bond motifs is 2. The number of amides is 1. The number of nitrogens with zero attached hydrogens (tertiary/aromatic N) is 1. The van der Waals surface area contributed by atoms with Gasteiger partial charge >= 0.3 is 0 Å². The molecule has 0 saturated carbocycles. The fourth-order valence-corrected chi connectivity index (χ4v) is 3.80. The Hall–Kier alpha value is -2.53. The van der Waals surface area contributed by atoms with Crippen LogP contribution in [0.5, 0.6) is 11.5 Å². The number of carbonyl (C=O) groups is 1. The van der Waals surface area contributed by atoms with Gasteiger partial charge in [0.1, 0.15) is 0 Å². The number of aryl methyl sites for hydroxylation is 1. The second-order valence-electron chi connectivity index (χ2n) is 7.07. The second kappa shape index (κ2) is 7.38. The van der Waals surface area contributed by atoms with Crippen LogP contribution in [0, 0.1) is 0 Å². The van der Waals surface area contributed by atoms with Crippen molar-refractivity contribution in [1.29, 1.82) is 0 Å². The van der Waals surface area contributed by atoms with Crippen LogP contribution in [0.4, 0.5) is 0 Å². The van der Waals surface area contributed by atoms with Crippen molar-refractivity contribution in [3.8, 4) is 11.5 Å². The van der Waals surface area contributed by atoms with Gasteiger partial charge in [-0.15, -0.1) is 0 Å². The summed E-state index contributed by atoms with van der Waals surface area (Å²) in [7, 11) is 1.96. The number of likely N-dealkylation sites (N-methyl/N-ethyl adjacent to an activating group) is 1. The predicted molar refractivity (Wildman–Crippen MR) is 99.2 cm³/mol. The summed E-state index contributed by atoms with van der Waals surface area (Å²) in [5.74, 6) is 1.62. The molecule has 0 aromatic heterocycles. The lowest BCUT2D eigenvalue weighted by Crippen LogP contribution is -2.38. The summed E-state index contributed by atoms with van der Waals surface area (Å²) in [5.41, 5.74) is 3.73. The maximum absolute atomic E-state index is 12.5. The fraction of sp³-hybridized carbons (Fsp3) is 0.381. The normalized spacial score (nSPS) is 17.8. The first kappa shape index (κ1) is 16.9. The first-order chi connectivity index (χ1) is 12.7. The monoisotopic (exact) mass is 352 g/mol. The number of hydrogen-bond donors (Lipinski definition) is 1. The first-order valence-electron chi connectivity index (χ1n) is 9.13. The van der Waals surface area contributed by atoms with E-state index in [-0.39, 0.29) is 18.7 Å². The maximum atomic E-state index is 12.5. The van der Waals surface area contributed by atoms with Crippen molar-refractivity contribution in [2.75, 3.05) is 20.4 Å². The van der Waals surface area contributed by atoms with E-state index < -0.39 is 0 Å².